The fraction of sp³-hybridized carbons (Fsp3) is 0.583. The summed E-state index contributed by atoms with van der Waals surface area (Å²) in [5.74, 6) is -0.694. The van der Waals surface area contributed by atoms with Gasteiger partial charge in [-0.25, -0.2) is 14.4 Å². The Labute approximate surface area is 211 Å². The number of amides is 3. The number of alkyl carbamates (subject to hydrolysis) is 2. The molecule has 0 aliphatic carbocycles. The molecule has 1 rings (SSSR count). The standard InChI is InChI=1S/C24H37N3O7S/c1-16(2)19(27-23(31)33-14-17-10-8-7-9-11-17)20(28)26-18(21(29)32-6)15-35-13-12-25-22(30)34-24(3,4)5/h7-11,16,18-19H,12-15H2,1-6H3,(H,25,30)(H,26,28)(H,27,31)/t18-,19-/m0/s1. The second-order valence-corrected chi connectivity index (χ2v) is 10.2. The summed E-state index contributed by atoms with van der Waals surface area (Å²) in [6.45, 7) is 9.24. The SMILES string of the molecule is COC(=O)[C@H](CSCCNC(=O)OC(C)(C)C)NC(=O)[C@@H](NC(=O)OCc1ccccc1)C(C)C. The second kappa shape index (κ2) is 15.1. The molecular weight excluding hydrogens is 474 g/mol. The Morgan fingerprint density at radius 1 is 1.00 bits per heavy atom. The first-order valence-electron chi connectivity index (χ1n) is 11.3. The van der Waals surface area contributed by atoms with Gasteiger partial charge in [0.2, 0.25) is 5.91 Å². The molecule has 1 aromatic rings. The Kier molecular flexibility index (Phi) is 13.0. The summed E-state index contributed by atoms with van der Waals surface area (Å²) in [7, 11) is 1.23. The number of thioether (sulfide) groups is 1. The topological polar surface area (TPSA) is 132 Å². The van der Waals surface area contributed by atoms with Crippen molar-refractivity contribution in [1.82, 2.24) is 16.0 Å². The lowest BCUT2D eigenvalue weighted by Gasteiger charge is -2.24. The van der Waals surface area contributed by atoms with Crippen molar-refractivity contribution in [3.63, 3.8) is 0 Å². The van der Waals surface area contributed by atoms with Gasteiger partial charge in [0.15, 0.2) is 0 Å². The first-order chi connectivity index (χ1) is 16.4. The molecule has 1 aromatic carbocycles. The number of hydrogen-bond acceptors (Lipinski definition) is 8. The third-order valence-corrected chi connectivity index (χ3v) is 5.50. The molecule has 35 heavy (non-hydrogen) atoms. The van der Waals surface area contributed by atoms with Crippen molar-refractivity contribution < 1.29 is 33.4 Å². The van der Waals surface area contributed by atoms with Gasteiger partial charge in [-0.3, -0.25) is 4.79 Å². The predicted octanol–water partition coefficient (Wildman–Crippen LogP) is 2.85. The number of methoxy groups -OCH3 is 1. The Morgan fingerprint density at radius 3 is 2.23 bits per heavy atom. The molecule has 0 heterocycles. The smallest absolute Gasteiger partial charge is 0.408 e. The highest BCUT2D eigenvalue weighted by Gasteiger charge is 2.29. The van der Waals surface area contributed by atoms with Crippen molar-refractivity contribution in [3.05, 3.63) is 35.9 Å². The van der Waals surface area contributed by atoms with Crippen molar-refractivity contribution >= 4 is 35.8 Å². The Bertz CT molecular complexity index is 828. The zero-order chi connectivity index (χ0) is 26.4. The molecule has 0 aliphatic heterocycles. The third-order valence-electron chi connectivity index (χ3n) is 4.44. The molecule has 3 N–H and O–H groups in total. The van der Waals surface area contributed by atoms with E-state index in [-0.39, 0.29) is 18.3 Å². The van der Waals surface area contributed by atoms with Gasteiger partial charge in [-0.05, 0) is 32.3 Å². The van der Waals surface area contributed by atoms with Gasteiger partial charge in [0.25, 0.3) is 0 Å². The van der Waals surface area contributed by atoms with E-state index in [4.69, 9.17) is 14.2 Å². The van der Waals surface area contributed by atoms with E-state index >= 15 is 0 Å². The van der Waals surface area contributed by atoms with Crippen LogP contribution in [0.1, 0.15) is 40.2 Å². The van der Waals surface area contributed by atoms with Gasteiger partial charge < -0.3 is 30.2 Å². The number of benzene rings is 1. The molecule has 0 fully saturated rings. The van der Waals surface area contributed by atoms with E-state index in [2.05, 4.69) is 16.0 Å². The zero-order valence-corrected chi connectivity index (χ0v) is 22.0. The molecule has 11 heteroatoms. The predicted molar refractivity (Wildman–Crippen MR) is 134 cm³/mol. The van der Waals surface area contributed by atoms with Crippen LogP contribution in [0.2, 0.25) is 0 Å². The number of nitrogens with one attached hydrogen (secondary N) is 3. The lowest BCUT2D eigenvalue weighted by atomic mass is 10.0. The Morgan fingerprint density at radius 2 is 1.66 bits per heavy atom. The van der Waals surface area contributed by atoms with Crippen molar-refractivity contribution in [2.24, 2.45) is 5.92 Å². The van der Waals surface area contributed by atoms with E-state index in [0.29, 0.717) is 12.3 Å². The number of carbonyl (C=O) groups excluding carboxylic acids is 4. The molecule has 0 saturated heterocycles. The molecule has 0 saturated carbocycles. The minimum absolute atomic E-state index is 0.0673. The quantitative estimate of drug-likeness (QED) is 0.222. The monoisotopic (exact) mass is 511 g/mol. The van der Waals surface area contributed by atoms with Crippen molar-refractivity contribution in [3.8, 4) is 0 Å². The summed E-state index contributed by atoms with van der Waals surface area (Å²) < 4.78 is 15.2. The Hall–Kier alpha value is -2.95. The van der Waals surface area contributed by atoms with Crippen molar-refractivity contribution in [1.29, 1.82) is 0 Å². The summed E-state index contributed by atoms with van der Waals surface area (Å²) in [6, 6.07) is 7.32. The van der Waals surface area contributed by atoms with Crippen LogP contribution in [0.5, 0.6) is 0 Å². The zero-order valence-electron chi connectivity index (χ0n) is 21.2. The van der Waals surface area contributed by atoms with Crippen LogP contribution in [-0.4, -0.2) is 66.9 Å². The van der Waals surface area contributed by atoms with Crippen LogP contribution in [-0.2, 0) is 30.4 Å². The molecular formula is C24H37N3O7S. The van der Waals surface area contributed by atoms with Gasteiger partial charge in [-0.15, -0.1) is 0 Å². The largest absolute Gasteiger partial charge is 0.467 e. The molecule has 0 aromatic heterocycles. The maximum Gasteiger partial charge on any atom is 0.408 e. The van der Waals surface area contributed by atoms with Crippen LogP contribution < -0.4 is 16.0 Å². The minimum atomic E-state index is -0.928. The fourth-order valence-corrected chi connectivity index (χ4v) is 3.61. The number of hydrogen-bond donors (Lipinski definition) is 3. The summed E-state index contributed by atoms with van der Waals surface area (Å²) in [5, 5.41) is 7.83. The summed E-state index contributed by atoms with van der Waals surface area (Å²) in [6.07, 6.45) is -1.26. The van der Waals surface area contributed by atoms with E-state index < -0.39 is 41.7 Å². The van der Waals surface area contributed by atoms with Crippen LogP contribution in [0.3, 0.4) is 0 Å². The summed E-state index contributed by atoms with van der Waals surface area (Å²) in [5.41, 5.74) is 0.226. The van der Waals surface area contributed by atoms with Gasteiger partial charge in [0, 0.05) is 18.1 Å². The normalized spacial score (nSPS) is 12.8. The number of esters is 1. The lowest BCUT2D eigenvalue weighted by Crippen LogP contribution is -2.54. The average Bonchev–Trinajstić information content (AvgIpc) is 2.78. The molecule has 196 valence electrons. The maximum absolute atomic E-state index is 12.9. The minimum Gasteiger partial charge on any atom is -0.467 e. The van der Waals surface area contributed by atoms with Gasteiger partial charge in [-0.1, -0.05) is 44.2 Å². The van der Waals surface area contributed by atoms with Crippen molar-refractivity contribution in [2.45, 2.75) is 58.9 Å². The molecule has 3 amide bonds. The van der Waals surface area contributed by atoms with Crippen LogP contribution in [0.4, 0.5) is 9.59 Å². The third kappa shape index (κ3) is 12.9. The first kappa shape index (κ1) is 30.1. The van der Waals surface area contributed by atoms with E-state index in [1.165, 1.54) is 18.9 Å². The first-order valence-corrected chi connectivity index (χ1v) is 12.5. The van der Waals surface area contributed by atoms with Crippen LogP contribution in [0.15, 0.2) is 30.3 Å². The fourth-order valence-electron chi connectivity index (χ4n) is 2.74. The highest BCUT2D eigenvalue weighted by Crippen LogP contribution is 2.09. The second-order valence-electron chi connectivity index (χ2n) is 9.02. The van der Waals surface area contributed by atoms with E-state index in [1.54, 1.807) is 34.6 Å². The molecule has 0 unspecified atom stereocenters. The molecule has 10 nitrogen and oxygen atoms in total. The summed E-state index contributed by atoms with van der Waals surface area (Å²) in [4.78, 5) is 49.0. The van der Waals surface area contributed by atoms with Crippen molar-refractivity contribution in [2.75, 3.05) is 25.2 Å². The number of ether oxygens (including phenoxy) is 3. The van der Waals surface area contributed by atoms with Crippen LogP contribution in [0, 0.1) is 5.92 Å². The van der Waals surface area contributed by atoms with Crippen LogP contribution >= 0.6 is 11.8 Å². The molecule has 0 radical (unpaired) electrons. The lowest BCUT2D eigenvalue weighted by molar-refractivity contribution is -0.144. The molecule has 0 bridgehead atoms. The molecule has 2 atom stereocenters. The average molecular weight is 512 g/mol. The summed E-state index contributed by atoms with van der Waals surface area (Å²) >= 11 is 1.35. The highest BCUT2D eigenvalue weighted by molar-refractivity contribution is 7.99. The van der Waals surface area contributed by atoms with E-state index in [1.807, 2.05) is 30.3 Å². The van der Waals surface area contributed by atoms with Gasteiger partial charge in [0.05, 0.1) is 7.11 Å². The van der Waals surface area contributed by atoms with E-state index in [9.17, 15) is 19.2 Å². The number of rotatable bonds is 12. The molecule has 0 aliphatic rings. The maximum atomic E-state index is 12.9. The highest BCUT2D eigenvalue weighted by atomic mass is 32.2. The Balaban J connectivity index is 2.56. The number of carbonyl (C=O) groups is 4. The van der Waals surface area contributed by atoms with Gasteiger partial charge in [0.1, 0.15) is 24.3 Å². The van der Waals surface area contributed by atoms with Gasteiger partial charge >= 0.3 is 18.2 Å². The van der Waals surface area contributed by atoms with Crippen LogP contribution in [0.25, 0.3) is 0 Å². The van der Waals surface area contributed by atoms with E-state index in [0.717, 1.165) is 5.56 Å². The van der Waals surface area contributed by atoms with Gasteiger partial charge in [-0.2, -0.15) is 11.8 Å². The molecule has 0 spiro atoms.